The van der Waals surface area contributed by atoms with Gasteiger partial charge in [-0.3, -0.25) is 4.98 Å². The van der Waals surface area contributed by atoms with E-state index < -0.39 is 9.84 Å². The van der Waals surface area contributed by atoms with Gasteiger partial charge in [-0.1, -0.05) is 0 Å². The van der Waals surface area contributed by atoms with E-state index in [0.29, 0.717) is 18.8 Å². The molecule has 0 bridgehead atoms. The monoisotopic (exact) mass is 355 g/mol. The van der Waals surface area contributed by atoms with Crippen LogP contribution in [0.2, 0.25) is 0 Å². The second-order valence-electron chi connectivity index (χ2n) is 4.86. The Morgan fingerprint density at radius 1 is 1.25 bits per heavy atom. The third-order valence-corrected chi connectivity index (χ3v) is 5.56. The van der Waals surface area contributed by atoms with Gasteiger partial charge in [0.1, 0.15) is 0 Å². The number of anilines is 2. The second-order valence-corrected chi connectivity index (χ2v) is 8.08. The molecule has 3 rings (SSSR count). The highest BCUT2D eigenvalue weighted by Gasteiger charge is 2.23. The summed E-state index contributed by atoms with van der Waals surface area (Å²) in [6.07, 6.45) is 1.73. The SMILES string of the molecule is Nc1ccc(N2CCS(=O)(=O)CC2)c2ncc(Br)cc12. The fourth-order valence-electron chi connectivity index (χ4n) is 2.41. The summed E-state index contributed by atoms with van der Waals surface area (Å²) in [5.74, 6) is 0.380. The number of hydrogen-bond donors (Lipinski definition) is 1. The highest BCUT2D eigenvalue weighted by Crippen LogP contribution is 2.31. The van der Waals surface area contributed by atoms with Crippen molar-refractivity contribution in [2.75, 3.05) is 35.2 Å². The van der Waals surface area contributed by atoms with Gasteiger partial charge >= 0.3 is 0 Å². The van der Waals surface area contributed by atoms with Crippen molar-refractivity contribution < 1.29 is 8.42 Å². The number of nitrogen functional groups attached to an aromatic ring is 1. The lowest BCUT2D eigenvalue weighted by Gasteiger charge is -2.29. The lowest BCUT2D eigenvalue weighted by Crippen LogP contribution is -2.40. The average molecular weight is 356 g/mol. The fourth-order valence-corrected chi connectivity index (χ4v) is 3.94. The number of pyridine rings is 1. The number of halogens is 1. The van der Waals surface area contributed by atoms with Crippen LogP contribution in [-0.4, -0.2) is 38.0 Å². The van der Waals surface area contributed by atoms with E-state index in [1.165, 1.54) is 0 Å². The van der Waals surface area contributed by atoms with Crippen LogP contribution >= 0.6 is 15.9 Å². The standard InChI is InChI=1S/C13H14BrN3O2S/c14-9-7-10-11(15)1-2-12(13(10)16-8-9)17-3-5-20(18,19)6-4-17/h1-2,7-8H,3-6,15H2. The van der Waals surface area contributed by atoms with Gasteiger partial charge in [0, 0.05) is 34.8 Å². The number of fused-ring (bicyclic) bond motifs is 1. The third kappa shape index (κ3) is 2.47. The van der Waals surface area contributed by atoms with Gasteiger partial charge in [0.05, 0.1) is 22.7 Å². The van der Waals surface area contributed by atoms with E-state index in [4.69, 9.17) is 5.73 Å². The maximum atomic E-state index is 11.5. The molecule has 5 nitrogen and oxygen atoms in total. The Morgan fingerprint density at radius 2 is 1.95 bits per heavy atom. The maximum absolute atomic E-state index is 11.5. The van der Waals surface area contributed by atoms with Gasteiger partial charge in [-0.25, -0.2) is 8.42 Å². The first-order valence-corrected chi connectivity index (χ1v) is 8.87. The van der Waals surface area contributed by atoms with Crippen molar-refractivity contribution in [3.8, 4) is 0 Å². The normalized spacial score (nSPS) is 18.4. The molecular formula is C13H14BrN3O2S. The molecule has 2 heterocycles. The average Bonchev–Trinajstić information content (AvgIpc) is 2.40. The number of benzene rings is 1. The Kier molecular flexibility index (Phi) is 3.33. The zero-order valence-electron chi connectivity index (χ0n) is 10.7. The highest BCUT2D eigenvalue weighted by molar-refractivity contribution is 9.10. The van der Waals surface area contributed by atoms with Crippen LogP contribution in [-0.2, 0) is 9.84 Å². The van der Waals surface area contributed by atoms with Crippen molar-refractivity contribution in [2.24, 2.45) is 0 Å². The predicted molar refractivity (Wildman–Crippen MR) is 84.7 cm³/mol. The van der Waals surface area contributed by atoms with Gasteiger partial charge in [-0.15, -0.1) is 0 Å². The molecule has 1 saturated heterocycles. The summed E-state index contributed by atoms with van der Waals surface area (Å²) in [7, 11) is -2.89. The Labute approximate surface area is 125 Å². The van der Waals surface area contributed by atoms with Crippen LogP contribution < -0.4 is 10.6 Å². The van der Waals surface area contributed by atoms with E-state index in [-0.39, 0.29) is 11.5 Å². The fraction of sp³-hybridized carbons (Fsp3) is 0.308. The van der Waals surface area contributed by atoms with Crippen molar-refractivity contribution in [1.29, 1.82) is 0 Å². The number of nitrogens with zero attached hydrogens (tertiary/aromatic N) is 2. The van der Waals surface area contributed by atoms with Crippen LogP contribution in [0.5, 0.6) is 0 Å². The molecule has 2 aromatic rings. The number of sulfone groups is 1. The zero-order valence-corrected chi connectivity index (χ0v) is 13.1. The number of hydrogen-bond acceptors (Lipinski definition) is 5. The Bertz CT molecular complexity index is 763. The van der Waals surface area contributed by atoms with Crippen molar-refractivity contribution in [2.45, 2.75) is 0 Å². The zero-order chi connectivity index (χ0) is 14.3. The molecule has 0 atom stereocenters. The van der Waals surface area contributed by atoms with Gasteiger partial charge in [0.2, 0.25) is 0 Å². The molecule has 20 heavy (non-hydrogen) atoms. The van der Waals surface area contributed by atoms with E-state index in [9.17, 15) is 8.42 Å². The summed E-state index contributed by atoms with van der Waals surface area (Å²) in [4.78, 5) is 6.49. The summed E-state index contributed by atoms with van der Waals surface area (Å²) in [5.41, 5.74) is 8.41. The molecule has 0 radical (unpaired) electrons. The summed E-state index contributed by atoms with van der Waals surface area (Å²) in [5, 5.41) is 0.880. The first-order valence-electron chi connectivity index (χ1n) is 6.25. The van der Waals surface area contributed by atoms with Gasteiger partial charge in [0.15, 0.2) is 9.84 Å². The summed E-state index contributed by atoms with van der Waals surface area (Å²) < 4.78 is 23.9. The Hall–Kier alpha value is -1.34. The molecule has 1 aliphatic rings. The van der Waals surface area contributed by atoms with Crippen LogP contribution in [0, 0.1) is 0 Å². The molecular weight excluding hydrogens is 342 g/mol. The lowest BCUT2D eigenvalue weighted by molar-refractivity contribution is 0.587. The van der Waals surface area contributed by atoms with Crippen LogP contribution in [0.1, 0.15) is 0 Å². The van der Waals surface area contributed by atoms with Gasteiger partial charge in [-0.05, 0) is 34.1 Å². The lowest BCUT2D eigenvalue weighted by atomic mass is 10.1. The van der Waals surface area contributed by atoms with E-state index >= 15 is 0 Å². The Morgan fingerprint density at radius 3 is 2.65 bits per heavy atom. The van der Waals surface area contributed by atoms with Crippen molar-refractivity contribution >= 4 is 48.0 Å². The van der Waals surface area contributed by atoms with Crippen LogP contribution in [0.25, 0.3) is 10.9 Å². The molecule has 0 saturated carbocycles. The highest BCUT2D eigenvalue weighted by atomic mass is 79.9. The first kappa shape index (κ1) is 13.6. The van der Waals surface area contributed by atoms with Crippen molar-refractivity contribution in [3.05, 3.63) is 28.9 Å². The molecule has 0 amide bonds. The number of nitrogens with two attached hydrogens (primary N) is 1. The third-order valence-electron chi connectivity index (χ3n) is 3.51. The molecule has 1 aromatic carbocycles. The Balaban J connectivity index is 2.07. The topological polar surface area (TPSA) is 76.3 Å². The molecule has 1 aromatic heterocycles. The molecule has 7 heteroatoms. The summed E-state index contributed by atoms with van der Waals surface area (Å²) in [6.45, 7) is 0.998. The molecule has 0 spiro atoms. The maximum Gasteiger partial charge on any atom is 0.153 e. The molecule has 1 fully saturated rings. The minimum absolute atomic E-state index is 0.190. The van der Waals surface area contributed by atoms with E-state index in [1.807, 2.05) is 18.2 Å². The van der Waals surface area contributed by atoms with E-state index in [0.717, 1.165) is 21.1 Å². The second kappa shape index (κ2) is 4.89. The summed E-state index contributed by atoms with van der Waals surface area (Å²) in [6, 6.07) is 5.69. The summed E-state index contributed by atoms with van der Waals surface area (Å²) >= 11 is 3.39. The van der Waals surface area contributed by atoms with Crippen molar-refractivity contribution in [3.63, 3.8) is 0 Å². The molecule has 0 aliphatic carbocycles. The van der Waals surface area contributed by atoms with Gasteiger partial charge in [-0.2, -0.15) is 0 Å². The number of rotatable bonds is 1. The van der Waals surface area contributed by atoms with Gasteiger partial charge in [0.25, 0.3) is 0 Å². The minimum Gasteiger partial charge on any atom is -0.398 e. The molecule has 2 N–H and O–H groups in total. The number of aromatic nitrogens is 1. The molecule has 0 unspecified atom stereocenters. The smallest absolute Gasteiger partial charge is 0.153 e. The van der Waals surface area contributed by atoms with Crippen molar-refractivity contribution in [1.82, 2.24) is 4.98 Å². The predicted octanol–water partition coefficient (Wildman–Crippen LogP) is 1.81. The molecule has 1 aliphatic heterocycles. The largest absolute Gasteiger partial charge is 0.398 e. The van der Waals surface area contributed by atoms with Crippen LogP contribution in [0.15, 0.2) is 28.9 Å². The first-order chi connectivity index (χ1) is 9.46. The van der Waals surface area contributed by atoms with E-state index in [1.54, 1.807) is 6.20 Å². The van der Waals surface area contributed by atoms with Crippen LogP contribution in [0.4, 0.5) is 11.4 Å². The van der Waals surface area contributed by atoms with Gasteiger partial charge < -0.3 is 10.6 Å². The van der Waals surface area contributed by atoms with E-state index in [2.05, 4.69) is 25.8 Å². The minimum atomic E-state index is -2.89. The molecule has 106 valence electrons. The quantitative estimate of drug-likeness (QED) is 0.789. The van der Waals surface area contributed by atoms with Crippen LogP contribution in [0.3, 0.4) is 0 Å².